The minimum absolute atomic E-state index is 0.0121. The van der Waals surface area contributed by atoms with Crippen LogP contribution >= 0.6 is 23.2 Å². The van der Waals surface area contributed by atoms with Gasteiger partial charge in [-0.05, 0) is 19.9 Å². The van der Waals surface area contributed by atoms with Crippen LogP contribution in [0, 0.1) is 5.21 Å². The van der Waals surface area contributed by atoms with Gasteiger partial charge in [-0.1, -0.05) is 12.1 Å². The van der Waals surface area contributed by atoms with Gasteiger partial charge in [-0.2, -0.15) is 0 Å². The summed E-state index contributed by atoms with van der Waals surface area (Å²) in [6, 6.07) is 7.71. The van der Waals surface area contributed by atoms with E-state index in [1.54, 1.807) is 0 Å². The molecule has 1 aromatic rings. The first kappa shape index (κ1) is 13.9. The molecule has 2 rings (SSSR count). The van der Waals surface area contributed by atoms with Gasteiger partial charge >= 0.3 is 0 Å². The van der Waals surface area contributed by atoms with E-state index in [9.17, 15) is 5.21 Å². The summed E-state index contributed by atoms with van der Waals surface area (Å²) in [5.41, 5.74) is 1.78. The van der Waals surface area contributed by atoms with Crippen molar-refractivity contribution in [2.75, 3.05) is 24.7 Å². The molecule has 5 heteroatoms. The zero-order valence-electron chi connectivity index (χ0n) is 10.6. The number of hydrogen-bond donors (Lipinski definition) is 0. The second-order valence-corrected chi connectivity index (χ2v) is 6.48. The Kier molecular flexibility index (Phi) is 4.07. The molecule has 0 spiro atoms. The van der Waals surface area contributed by atoms with Crippen molar-refractivity contribution >= 4 is 34.6 Å². The number of rotatable bonds is 4. The van der Waals surface area contributed by atoms with Gasteiger partial charge in [-0.3, -0.25) is 0 Å². The van der Waals surface area contributed by atoms with Crippen molar-refractivity contribution in [1.82, 2.24) is 4.65 Å². The zero-order valence-corrected chi connectivity index (χ0v) is 12.2. The summed E-state index contributed by atoms with van der Waals surface area (Å²) in [5.74, 6) is 0. The summed E-state index contributed by atoms with van der Waals surface area (Å²) in [6.07, 6.45) is 0. The predicted octanol–water partition coefficient (Wildman–Crippen LogP) is 3.52. The van der Waals surface area contributed by atoms with Gasteiger partial charge in [-0.25, -0.2) is 0 Å². The number of fused-ring (bicyclic) bond motifs is 1. The van der Waals surface area contributed by atoms with Gasteiger partial charge in [0.05, 0.1) is 5.38 Å². The molecule has 3 atom stereocenters. The van der Waals surface area contributed by atoms with Crippen molar-refractivity contribution in [3.05, 3.63) is 29.5 Å². The lowest BCUT2D eigenvalue weighted by Crippen LogP contribution is -2.49. The second kappa shape index (κ2) is 5.25. The summed E-state index contributed by atoms with van der Waals surface area (Å²) in [7, 11) is 0. The summed E-state index contributed by atoms with van der Waals surface area (Å²) in [5, 5.41) is 12.8. The molecule has 0 aliphatic carbocycles. The van der Waals surface area contributed by atoms with Gasteiger partial charge in [0.25, 0.3) is 0 Å². The maximum Gasteiger partial charge on any atom is 0.159 e. The molecule has 3 nitrogen and oxygen atoms in total. The number of hydrogen-bond acceptors (Lipinski definition) is 2. The minimum atomic E-state index is -0.384. The van der Waals surface area contributed by atoms with Crippen molar-refractivity contribution in [2.24, 2.45) is 0 Å². The summed E-state index contributed by atoms with van der Waals surface area (Å²) in [6.45, 7) is 5.25. The normalized spacial score (nSPS) is 25.9. The van der Waals surface area contributed by atoms with Crippen molar-refractivity contribution in [2.45, 2.75) is 24.6 Å². The molecule has 1 aromatic carbocycles. The van der Waals surface area contributed by atoms with Crippen molar-refractivity contribution in [1.29, 1.82) is 0 Å². The molecule has 0 fully saturated rings. The Morgan fingerprint density at radius 1 is 1.28 bits per heavy atom. The van der Waals surface area contributed by atoms with E-state index in [1.165, 1.54) is 0 Å². The van der Waals surface area contributed by atoms with Crippen molar-refractivity contribution in [3.63, 3.8) is 0 Å². The lowest BCUT2D eigenvalue weighted by molar-refractivity contribution is 0.393. The van der Waals surface area contributed by atoms with Crippen LogP contribution in [0.2, 0.25) is 0 Å². The van der Waals surface area contributed by atoms with E-state index in [4.69, 9.17) is 23.2 Å². The third-order valence-corrected chi connectivity index (χ3v) is 3.36. The highest BCUT2D eigenvalue weighted by molar-refractivity contribution is 6.21. The van der Waals surface area contributed by atoms with Crippen LogP contribution in [0.5, 0.6) is 0 Å². The molecule has 0 amide bonds. The standard InChI is InChI=1S/C13H18Cl2N2O/c1-10(14)7-16-9-17(18,8-11(2)15)13-6-4-3-5-12(13)16/h3-6,10-11H,7-9H2,1-2H3. The summed E-state index contributed by atoms with van der Waals surface area (Å²) in [4.78, 5) is 2.05. The molecule has 0 saturated carbocycles. The molecule has 1 heterocycles. The molecule has 0 N–H and O–H groups in total. The van der Waals surface area contributed by atoms with Crippen LogP contribution in [0.1, 0.15) is 13.8 Å². The Balaban J connectivity index is 2.32. The third-order valence-electron chi connectivity index (χ3n) is 3.08. The fraction of sp³-hybridized carbons (Fsp3) is 0.538. The molecule has 0 saturated heterocycles. The lowest BCUT2D eigenvalue weighted by atomic mass is 10.2. The van der Waals surface area contributed by atoms with Crippen LogP contribution in [-0.2, 0) is 0 Å². The molecule has 3 unspecified atom stereocenters. The van der Waals surface area contributed by atoms with Gasteiger partial charge in [0, 0.05) is 18.0 Å². The Morgan fingerprint density at radius 2 is 1.94 bits per heavy atom. The molecule has 1 aliphatic heterocycles. The van der Waals surface area contributed by atoms with Crippen LogP contribution < -0.4 is 9.55 Å². The Bertz CT molecular complexity index is 425. The van der Waals surface area contributed by atoms with Gasteiger partial charge in [0.15, 0.2) is 12.4 Å². The van der Waals surface area contributed by atoms with E-state index in [0.29, 0.717) is 19.8 Å². The molecule has 100 valence electrons. The van der Waals surface area contributed by atoms with Gasteiger partial charge < -0.3 is 14.8 Å². The van der Waals surface area contributed by atoms with Crippen LogP contribution in [0.3, 0.4) is 0 Å². The maximum absolute atomic E-state index is 12.9. The monoisotopic (exact) mass is 288 g/mol. The molecular weight excluding hydrogens is 271 g/mol. The summed E-state index contributed by atoms with van der Waals surface area (Å²) < 4.78 is -0.384. The quantitative estimate of drug-likeness (QED) is 0.481. The number of benzene rings is 1. The van der Waals surface area contributed by atoms with E-state index >= 15 is 0 Å². The Labute approximate surface area is 118 Å². The fourth-order valence-electron chi connectivity index (χ4n) is 2.53. The number of quaternary nitrogens is 1. The lowest BCUT2D eigenvalue weighted by Gasteiger charge is -2.39. The highest BCUT2D eigenvalue weighted by atomic mass is 35.5. The van der Waals surface area contributed by atoms with Crippen molar-refractivity contribution in [3.8, 4) is 0 Å². The second-order valence-electron chi connectivity index (χ2n) is 4.99. The van der Waals surface area contributed by atoms with Crippen LogP contribution in [-0.4, -0.2) is 30.5 Å². The van der Waals surface area contributed by atoms with Crippen LogP contribution in [0.4, 0.5) is 11.4 Å². The SMILES string of the molecule is CC(Cl)CN1C[N+]([O-])(CC(C)Cl)c2ccccc21. The van der Waals surface area contributed by atoms with Crippen LogP contribution in [0.15, 0.2) is 24.3 Å². The fourth-order valence-corrected chi connectivity index (χ4v) is 2.92. The van der Waals surface area contributed by atoms with Gasteiger partial charge in [-0.15, -0.1) is 23.2 Å². The molecular formula is C13H18Cl2N2O. The first-order valence-corrected chi connectivity index (χ1v) is 7.00. The molecule has 0 bridgehead atoms. The number of alkyl halides is 2. The number of anilines is 1. The van der Waals surface area contributed by atoms with E-state index < -0.39 is 0 Å². The molecule has 0 aromatic heterocycles. The Morgan fingerprint density at radius 3 is 2.56 bits per heavy atom. The zero-order chi connectivity index (χ0) is 13.3. The van der Waals surface area contributed by atoms with Crippen LogP contribution in [0.25, 0.3) is 0 Å². The van der Waals surface area contributed by atoms with Gasteiger partial charge in [0.1, 0.15) is 12.2 Å². The van der Waals surface area contributed by atoms with Crippen molar-refractivity contribution < 1.29 is 0 Å². The highest BCUT2D eigenvalue weighted by Crippen LogP contribution is 2.41. The number of halogens is 2. The minimum Gasteiger partial charge on any atom is -0.626 e. The highest BCUT2D eigenvalue weighted by Gasteiger charge is 2.36. The smallest absolute Gasteiger partial charge is 0.159 e. The molecule has 18 heavy (non-hydrogen) atoms. The average molecular weight is 289 g/mol. The summed E-state index contributed by atoms with van der Waals surface area (Å²) >= 11 is 12.1. The van der Waals surface area contributed by atoms with E-state index in [-0.39, 0.29) is 15.4 Å². The maximum atomic E-state index is 12.9. The third kappa shape index (κ3) is 2.75. The predicted molar refractivity (Wildman–Crippen MR) is 79.3 cm³/mol. The first-order valence-electron chi connectivity index (χ1n) is 6.13. The number of para-hydroxylation sites is 2. The number of nitrogens with zero attached hydrogens (tertiary/aromatic N) is 2. The van der Waals surface area contributed by atoms with E-state index in [2.05, 4.69) is 4.90 Å². The van der Waals surface area contributed by atoms with Gasteiger partial charge in [0.2, 0.25) is 0 Å². The number of hydroxylamine groups is 2. The molecule has 1 aliphatic rings. The van der Waals surface area contributed by atoms with E-state index in [0.717, 1.165) is 11.4 Å². The molecule has 0 radical (unpaired) electrons. The largest absolute Gasteiger partial charge is 0.626 e. The topological polar surface area (TPSA) is 26.3 Å². The first-order chi connectivity index (χ1) is 8.42. The Hall–Kier alpha value is -0.480. The average Bonchev–Trinajstić information content (AvgIpc) is 2.51. The van der Waals surface area contributed by atoms with E-state index in [1.807, 2.05) is 38.1 Å².